The molecule has 9 heteroatoms. The van der Waals surface area contributed by atoms with E-state index in [1.54, 1.807) is 6.92 Å². The highest BCUT2D eigenvalue weighted by molar-refractivity contribution is 7.81. The average molecular weight is 354 g/mol. The van der Waals surface area contributed by atoms with Crippen molar-refractivity contribution in [3.8, 4) is 5.75 Å². The summed E-state index contributed by atoms with van der Waals surface area (Å²) in [6, 6.07) is 0. The molecular formula is C15H22N4O4S. The SMILES string of the molecule is CC(=NNC(=O)CC(C)(C)S)c1ncc(OCCCC(=O)O)cn1. The summed E-state index contributed by atoms with van der Waals surface area (Å²) in [5.74, 6) is -0.302. The molecule has 24 heavy (non-hydrogen) atoms. The number of ether oxygens (including phenoxy) is 1. The number of carboxylic acid groups (broad SMARTS) is 1. The van der Waals surface area contributed by atoms with Crippen molar-refractivity contribution in [3.63, 3.8) is 0 Å². The third kappa shape index (κ3) is 8.47. The molecule has 0 fully saturated rings. The second kappa shape index (κ2) is 9.21. The van der Waals surface area contributed by atoms with E-state index >= 15 is 0 Å². The van der Waals surface area contributed by atoms with Crippen molar-refractivity contribution < 1.29 is 19.4 Å². The molecule has 0 aliphatic heterocycles. The van der Waals surface area contributed by atoms with E-state index in [2.05, 4.69) is 33.1 Å². The Labute approximate surface area is 146 Å². The number of aromatic nitrogens is 2. The van der Waals surface area contributed by atoms with Gasteiger partial charge in [-0.3, -0.25) is 9.59 Å². The van der Waals surface area contributed by atoms with Gasteiger partial charge in [-0.05, 0) is 13.3 Å². The first-order chi connectivity index (χ1) is 11.2. The standard InChI is InChI=1S/C15H22N4O4S/c1-10(18-19-12(20)7-15(2,3)24)14-16-8-11(9-17-14)23-6-4-5-13(21)22/h8-9,24H,4-7H2,1-3H3,(H,19,20)(H,21,22). The van der Waals surface area contributed by atoms with Crippen molar-refractivity contribution in [2.24, 2.45) is 5.10 Å². The number of amides is 1. The topological polar surface area (TPSA) is 114 Å². The number of hydrogen-bond acceptors (Lipinski definition) is 7. The highest BCUT2D eigenvalue weighted by Gasteiger charge is 2.16. The van der Waals surface area contributed by atoms with Crippen molar-refractivity contribution in [1.29, 1.82) is 0 Å². The maximum Gasteiger partial charge on any atom is 0.303 e. The van der Waals surface area contributed by atoms with Crippen molar-refractivity contribution in [2.45, 2.75) is 44.8 Å². The first-order valence-electron chi connectivity index (χ1n) is 7.40. The summed E-state index contributed by atoms with van der Waals surface area (Å²) in [5, 5.41) is 12.5. The van der Waals surface area contributed by atoms with Gasteiger partial charge in [0.1, 0.15) is 5.71 Å². The number of aliphatic carboxylic acids is 1. The lowest BCUT2D eigenvalue weighted by Crippen LogP contribution is -2.26. The molecule has 1 aromatic heterocycles. The lowest BCUT2D eigenvalue weighted by Gasteiger charge is -2.15. The molecule has 0 aliphatic carbocycles. The molecular weight excluding hydrogens is 332 g/mol. The normalized spacial score (nSPS) is 11.9. The summed E-state index contributed by atoms with van der Waals surface area (Å²) in [6.07, 6.45) is 3.64. The van der Waals surface area contributed by atoms with Gasteiger partial charge < -0.3 is 9.84 Å². The van der Waals surface area contributed by atoms with Crippen LogP contribution in [0.1, 0.15) is 45.9 Å². The van der Waals surface area contributed by atoms with Crippen LogP contribution in [0.2, 0.25) is 0 Å². The van der Waals surface area contributed by atoms with Crippen LogP contribution in [-0.2, 0) is 9.59 Å². The van der Waals surface area contributed by atoms with Crippen LogP contribution in [0.5, 0.6) is 5.75 Å². The monoisotopic (exact) mass is 354 g/mol. The Hall–Kier alpha value is -2.16. The van der Waals surface area contributed by atoms with Crippen LogP contribution >= 0.6 is 12.6 Å². The summed E-state index contributed by atoms with van der Waals surface area (Å²) in [4.78, 5) is 30.3. The molecule has 132 valence electrons. The predicted octanol–water partition coefficient (Wildman–Crippen LogP) is 1.66. The van der Waals surface area contributed by atoms with E-state index in [1.807, 2.05) is 13.8 Å². The molecule has 1 amide bonds. The second-order valence-corrected chi connectivity index (χ2v) is 7.02. The fourth-order valence-corrected chi connectivity index (χ4v) is 1.76. The lowest BCUT2D eigenvalue weighted by molar-refractivity contribution is -0.137. The van der Waals surface area contributed by atoms with Crippen molar-refractivity contribution >= 4 is 30.2 Å². The molecule has 0 spiro atoms. The molecule has 1 heterocycles. The Morgan fingerprint density at radius 3 is 2.54 bits per heavy atom. The van der Waals surface area contributed by atoms with Gasteiger partial charge in [0.05, 0.1) is 19.0 Å². The van der Waals surface area contributed by atoms with Crippen molar-refractivity contribution in [1.82, 2.24) is 15.4 Å². The van der Waals surface area contributed by atoms with Crippen LogP contribution in [0.25, 0.3) is 0 Å². The zero-order chi connectivity index (χ0) is 18.2. The minimum atomic E-state index is -0.861. The molecule has 0 saturated carbocycles. The molecule has 0 aromatic carbocycles. The van der Waals surface area contributed by atoms with E-state index in [1.165, 1.54) is 12.4 Å². The number of carbonyl (C=O) groups is 2. The maximum atomic E-state index is 11.7. The van der Waals surface area contributed by atoms with Gasteiger partial charge in [-0.2, -0.15) is 17.7 Å². The summed E-state index contributed by atoms with van der Waals surface area (Å²) in [7, 11) is 0. The molecule has 2 N–H and O–H groups in total. The highest BCUT2D eigenvalue weighted by Crippen LogP contribution is 2.16. The minimum absolute atomic E-state index is 0.0491. The van der Waals surface area contributed by atoms with Gasteiger partial charge in [-0.1, -0.05) is 13.8 Å². The van der Waals surface area contributed by atoms with Crippen LogP contribution in [0, 0.1) is 0 Å². The largest absolute Gasteiger partial charge is 0.490 e. The molecule has 1 aromatic rings. The molecule has 0 aliphatic rings. The zero-order valence-corrected chi connectivity index (χ0v) is 14.8. The van der Waals surface area contributed by atoms with Gasteiger partial charge in [0.15, 0.2) is 11.6 Å². The highest BCUT2D eigenvalue weighted by atomic mass is 32.1. The molecule has 0 atom stereocenters. The Morgan fingerprint density at radius 1 is 1.38 bits per heavy atom. The number of carboxylic acids is 1. The van der Waals surface area contributed by atoms with Crippen molar-refractivity contribution in [2.75, 3.05) is 6.61 Å². The van der Waals surface area contributed by atoms with E-state index in [-0.39, 0.29) is 25.4 Å². The Balaban J connectivity index is 2.50. The van der Waals surface area contributed by atoms with E-state index in [0.29, 0.717) is 23.7 Å². The fourth-order valence-electron chi connectivity index (χ4n) is 1.62. The van der Waals surface area contributed by atoms with Crippen molar-refractivity contribution in [3.05, 3.63) is 18.2 Å². The minimum Gasteiger partial charge on any atom is -0.490 e. The molecule has 0 saturated heterocycles. The quantitative estimate of drug-likeness (QED) is 0.269. The Bertz CT molecular complexity index is 596. The first-order valence-corrected chi connectivity index (χ1v) is 7.84. The van der Waals surface area contributed by atoms with E-state index < -0.39 is 10.7 Å². The van der Waals surface area contributed by atoms with Gasteiger partial charge in [0.25, 0.3) is 0 Å². The number of rotatable bonds is 9. The zero-order valence-electron chi connectivity index (χ0n) is 13.9. The summed E-state index contributed by atoms with van der Waals surface area (Å²) < 4.78 is 4.92. The number of hydrogen-bond donors (Lipinski definition) is 3. The van der Waals surface area contributed by atoms with E-state index in [0.717, 1.165) is 0 Å². The van der Waals surface area contributed by atoms with Gasteiger partial charge >= 0.3 is 5.97 Å². The van der Waals surface area contributed by atoms with Gasteiger partial charge in [-0.15, -0.1) is 0 Å². The smallest absolute Gasteiger partial charge is 0.303 e. The predicted molar refractivity (Wildman–Crippen MR) is 92.4 cm³/mol. The lowest BCUT2D eigenvalue weighted by atomic mass is 10.1. The fraction of sp³-hybridized carbons (Fsp3) is 0.533. The average Bonchev–Trinajstić information content (AvgIpc) is 2.48. The molecule has 0 unspecified atom stereocenters. The van der Waals surface area contributed by atoms with Crippen LogP contribution in [0.15, 0.2) is 17.5 Å². The van der Waals surface area contributed by atoms with Gasteiger partial charge in [0.2, 0.25) is 5.91 Å². The molecule has 8 nitrogen and oxygen atoms in total. The van der Waals surface area contributed by atoms with Crippen LogP contribution in [0.3, 0.4) is 0 Å². The van der Waals surface area contributed by atoms with Crippen LogP contribution in [0.4, 0.5) is 0 Å². The molecule has 0 bridgehead atoms. The molecule has 1 rings (SSSR count). The number of nitrogens with one attached hydrogen (secondary N) is 1. The van der Waals surface area contributed by atoms with Crippen LogP contribution < -0.4 is 10.2 Å². The third-order valence-corrected chi connectivity index (χ3v) is 2.86. The maximum absolute atomic E-state index is 11.7. The van der Waals surface area contributed by atoms with Crippen LogP contribution in [-0.4, -0.2) is 44.0 Å². The number of carbonyl (C=O) groups excluding carboxylic acids is 1. The number of hydrazone groups is 1. The molecule has 0 radical (unpaired) electrons. The first kappa shape index (κ1) is 19.9. The summed E-state index contributed by atoms with van der Waals surface area (Å²) in [6.45, 7) is 5.63. The van der Waals surface area contributed by atoms with Gasteiger partial charge in [0, 0.05) is 17.6 Å². The van der Waals surface area contributed by atoms with E-state index in [4.69, 9.17) is 9.84 Å². The summed E-state index contributed by atoms with van der Waals surface area (Å²) in [5.41, 5.74) is 2.89. The number of nitrogens with zero attached hydrogens (tertiary/aromatic N) is 3. The van der Waals surface area contributed by atoms with Gasteiger partial charge in [-0.25, -0.2) is 15.4 Å². The van der Waals surface area contributed by atoms with E-state index in [9.17, 15) is 9.59 Å². The Kier molecular flexibility index (Phi) is 7.63. The summed E-state index contributed by atoms with van der Waals surface area (Å²) >= 11 is 4.29. The Morgan fingerprint density at radius 2 is 2.00 bits per heavy atom. The number of thiol groups is 1. The third-order valence-electron chi connectivity index (χ3n) is 2.70. The second-order valence-electron chi connectivity index (χ2n) is 5.81.